The summed E-state index contributed by atoms with van der Waals surface area (Å²) in [7, 11) is 1.26. The highest BCUT2D eigenvalue weighted by molar-refractivity contribution is 9.10. The number of carbonyl (C=O) groups is 4. The van der Waals surface area contributed by atoms with Crippen LogP contribution in [0.4, 0.5) is 10.5 Å². The van der Waals surface area contributed by atoms with Crippen LogP contribution in [0.3, 0.4) is 0 Å². The van der Waals surface area contributed by atoms with Crippen LogP contribution in [0, 0.1) is 6.92 Å². The summed E-state index contributed by atoms with van der Waals surface area (Å²) in [5.74, 6) is -0.945. The normalized spacial score (nSPS) is 14.3. The van der Waals surface area contributed by atoms with Crippen LogP contribution >= 0.6 is 27.7 Å². The molecule has 0 aliphatic carbocycles. The summed E-state index contributed by atoms with van der Waals surface area (Å²) in [6.45, 7) is 3.32. The van der Waals surface area contributed by atoms with Crippen LogP contribution in [0.1, 0.15) is 18.1 Å². The van der Waals surface area contributed by atoms with Gasteiger partial charge in [0.15, 0.2) is 18.1 Å². The van der Waals surface area contributed by atoms with Crippen molar-refractivity contribution in [2.24, 2.45) is 0 Å². The lowest BCUT2D eigenvalue weighted by Gasteiger charge is -2.14. The molecule has 1 fully saturated rings. The van der Waals surface area contributed by atoms with Gasteiger partial charge in [0, 0.05) is 10.2 Å². The van der Waals surface area contributed by atoms with Crippen LogP contribution in [0.15, 0.2) is 45.8 Å². The van der Waals surface area contributed by atoms with Crippen molar-refractivity contribution in [1.29, 1.82) is 0 Å². The van der Waals surface area contributed by atoms with Gasteiger partial charge in [0.2, 0.25) is 5.91 Å². The number of amides is 3. The van der Waals surface area contributed by atoms with Gasteiger partial charge in [-0.05, 0) is 67.1 Å². The molecule has 1 heterocycles. The third-order valence-electron chi connectivity index (χ3n) is 4.70. The average molecular weight is 563 g/mol. The Hall–Kier alpha value is -3.31. The molecule has 1 aliphatic rings. The number of anilines is 1. The molecule has 1 N–H and O–H groups in total. The third kappa shape index (κ3) is 6.86. The number of rotatable bonds is 9. The van der Waals surface area contributed by atoms with Crippen molar-refractivity contribution in [2.75, 3.05) is 32.2 Å². The molecule has 0 spiro atoms. The Kier molecular flexibility index (Phi) is 8.94. The van der Waals surface area contributed by atoms with Gasteiger partial charge in [-0.1, -0.05) is 28.1 Å². The van der Waals surface area contributed by atoms with E-state index in [-0.39, 0.29) is 11.5 Å². The molecule has 9 nitrogen and oxygen atoms in total. The lowest BCUT2D eigenvalue weighted by atomic mass is 10.1. The summed E-state index contributed by atoms with van der Waals surface area (Å²) in [4.78, 5) is 50.2. The first-order valence-corrected chi connectivity index (χ1v) is 12.1. The number of thioether (sulfide) groups is 1. The van der Waals surface area contributed by atoms with Crippen molar-refractivity contribution in [3.05, 3.63) is 56.9 Å². The molecule has 0 radical (unpaired) electrons. The Balaban J connectivity index is 1.77. The largest absolute Gasteiger partial charge is 0.490 e. The molecule has 2 aromatic carbocycles. The second-order valence-corrected chi connectivity index (χ2v) is 9.15. The van der Waals surface area contributed by atoms with Crippen LogP contribution in [0.2, 0.25) is 0 Å². The first kappa shape index (κ1) is 26.3. The van der Waals surface area contributed by atoms with Gasteiger partial charge in [0.05, 0.1) is 18.6 Å². The molecule has 2 aromatic rings. The van der Waals surface area contributed by atoms with Gasteiger partial charge < -0.3 is 19.5 Å². The molecular formula is C24H23BrN2O7S. The maximum Gasteiger partial charge on any atom is 0.343 e. The number of methoxy groups -OCH3 is 1. The topological polar surface area (TPSA) is 111 Å². The van der Waals surface area contributed by atoms with Crippen LogP contribution in [-0.2, 0) is 19.1 Å². The molecule has 35 heavy (non-hydrogen) atoms. The third-order valence-corrected chi connectivity index (χ3v) is 6.29. The molecule has 3 amide bonds. The van der Waals surface area contributed by atoms with Crippen molar-refractivity contribution in [1.82, 2.24) is 4.90 Å². The first-order chi connectivity index (χ1) is 16.7. The maximum atomic E-state index is 12.9. The number of esters is 1. The SMILES string of the molecule is CCOc1cc(/C=C2\SC(=O)N(CC(=O)Nc3cccc(C)c3)C2=O)c(Br)cc1OCC(=O)OC. The number of imide groups is 1. The van der Waals surface area contributed by atoms with E-state index < -0.39 is 29.6 Å². The number of ether oxygens (including phenoxy) is 3. The Bertz CT molecular complexity index is 1200. The molecule has 0 unspecified atom stereocenters. The van der Waals surface area contributed by atoms with E-state index in [1.165, 1.54) is 13.2 Å². The molecule has 1 aliphatic heterocycles. The van der Waals surface area contributed by atoms with Gasteiger partial charge in [-0.25, -0.2) is 4.79 Å². The van der Waals surface area contributed by atoms with Gasteiger partial charge in [-0.3, -0.25) is 19.3 Å². The number of carbonyl (C=O) groups excluding carboxylic acids is 4. The maximum absolute atomic E-state index is 12.9. The Morgan fingerprint density at radius 2 is 1.89 bits per heavy atom. The minimum Gasteiger partial charge on any atom is -0.490 e. The summed E-state index contributed by atoms with van der Waals surface area (Å²) in [5, 5.41) is 2.15. The fourth-order valence-electron chi connectivity index (χ4n) is 3.08. The van der Waals surface area contributed by atoms with E-state index in [2.05, 4.69) is 26.0 Å². The second kappa shape index (κ2) is 11.9. The number of hydrogen-bond donors (Lipinski definition) is 1. The van der Waals surface area contributed by atoms with E-state index in [4.69, 9.17) is 9.47 Å². The first-order valence-electron chi connectivity index (χ1n) is 10.5. The zero-order valence-corrected chi connectivity index (χ0v) is 21.7. The fourth-order valence-corrected chi connectivity index (χ4v) is 4.35. The Morgan fingerprint density at radius 1 is 1.14 bits per heavy atom. The van der Waals surface area contributed by atoms with E-state index in [1.807, 2.05) is 13.0 Å². The lowest BCUT2D eigenvalue weighted by Crippen LogP contribution is -2.36. The Labute approximate surface area is 214 Å². The summed E-state index contributed by atoms with van der Waals surface area (Å²) >= 11 is 4.16. The van der Waals surface area contributed by atoms with Crippen LogP contribution in [0.25, 0.3) is 6.08 Å². The summed E-state index contributed by atoms with van der Waals surface area (Å²) < 4.78 is 16.2. The predicted octanol–water partition coefficient (Wildman–Crippen LogP) is 4.38. The molecule has 0 atom stereocenters. The molecule has 184 valence electrons. The molecule has 0 saturated carbocycles. The van der Waals surface area contributed by atoms with E-state index in [1.54, 1.807) is 37.3 Å². The summed E-state index contributed by atoms with van der Waals surface area (Å²) in [6.07, 6.45) is 1.53. The molecule has 0 aromatic heterocycles. The minimum atomic E-state index is -0.574. The zero-order chi connectivity index (χ0) is 25.5. The highest BCUT2D eigenvalue weighted by Crippen LogP contribution is 2.38. The van der Waals surface area contributed by atoms with E-state index in [9.17, 15) is 19.2 Å². The van der Waals surface area contributed by atoms with Crippen molar-refractivity contribution in [3.63, 3.8) is 0 Å². The molecule has 1 saturated heterocycles. The lowest BCUT2D eigenvalue weighted by molar-refractivity contribution is -0.143. The summed E-state index contributed by atoms with van der Waals surface area (Å²) in [5.41, 5.74) is 2.10. The van der Waals surface area contributed by atoms with E-state index in [0.717, 1.165) is 22.2 Å². The predicted molar refractivity (Wildman–Crippen MR) is 135 cm³/mol. The van der Waals surface area contributed by atoms with Gasteiger partial charge in [-0.2, -0.15) is 0 Å². The molecular weight excluding hydrogens is 540 g/mol. The van der Waals surface area contributed by atoms with Gasteiger partial charge in [-0.15, -0.1) is 0 Å². The number of benzene rings is 2. The monoisotopic (exact) mass is 562 g/mol. The average Bonchev–Trinajstić information content (AvgIpc) is 3.07. The summed E-state index contributed by atoms with van der Waals surface area (Å²) in [6, 6.07) is 10.4. The van der Waals surface area contributed by atoms with Crippen LogP contribution < -0.4 is 14.8 Å². The number of halogens is 1. The standard InChI is InChI=1S/C24H23BrN2O7S/c1-4-33-18-9-15(17(25)11-19(18)34-13-22(29)32-3)10-20-23(30)27(24(31)35-20)12-21(28)26-16-7-5-6-14(2)8-16/h5-11H,4,12-13H2,1-3H3,(H,26,28)/b20-10-. The molecule has 3 rings (SSSR count). The van der Waals surface area contributed by atoms with Crippen molar-refractivity contribution >= 4 is 62.5 Å². The highest BCUT2D eigenvalue weighted by atomic mass is 79.9. The molecule has 11 heteroatoms. The molecule has 0 bridgehead atoms. The number of nitrogens with zero attached hydrogens (tertiary/aromatic N) is 1. The van der Waals surface area contributed by atoms with Crippen molar-refractivity contribution in [2.45, 2.75) is 13.8 Å². The van der Waals surface area contributed by atoms with E-state index in [0.29, 0.717) is 33.8 Å². The minimum absolute atomic E-state index is 0.157. The van der Waals surface area contributed by atoms with Crippen molar-refractivity contribution in [3.8, 4) is 11.5 Å². The number of nitrogens with one attached hydrogen (secondary N) is 1. The number of hydrogen-bond acceptors (Lipinski definition) is 8. The Morgan fingerprint density at radius 3 is 2.57 bits per heavy atom. The smallest absolute Gasteiger partial charge is 0.343 e. The number of aryl methyl sites for hydroxylation is 1. The quantitative estimate of drug-likeness (QED) is 0.354. The van der Waals surface area contributed by atoms with Gasteiger partial charge >= 0.3 is 5.97 Å². The van der Waals surface area contributed by atoms with E-state index >= 15 is 0 Å². The van der Waals surface area contributed by atoms with Crippen molar-refractivity contribution < 1.29 is 33.4 Å². The van der Waals surface area contributed by atoms with Gasteiger partial charge in [0.25, 0.3) is 11.1 Å². The highest BCUT2D eigenvalue weighted by Gasteiger charge is 2.36. The van der Waals surface area contributed by atoms with Crippen LogP contribution in [-0.4, -0.2) is 54.8 Å². The fraction of sp³-hybridized carbons (Fsp3) is 0.250. The van der Waals surface area contributed by atoms with Gasteiger partial charge in [0.1, 0.15) is 6.54 Å². The van der Waals surface area contributed by atoms with Crippen LogP contribution in [0.5, 0.6) is 11.5 Å². The second-order valence-electron chi connectivity index (χ2n) is 7.30. The zero-order valence-electron chi connectivity index (χ0n) is 19.3.